The summed E-state index contributed by atoms with van der Waals surface area (Å²) >= 11 is 0. The average molecular weight is 244 g/mol. The third-order valence-electron chi connectivity index (χ3n) is 3.43. The molecule has 0 aliphatic carbocycles. The molecule has 0 aliphatic heterocycles. The Morgan fingerprint density at radius 3 is 2.61 bits per heavy atom. The summed E-state index contributed by atoms with van der Waals surface area (Å²) in [5, 5.41) is 4.18. The molecule has 2 rings (SSSR count). The molecule has 0 amide bonds. The van der Waals surface area contributed by atoms with Gasteiger partial charge in [0.05, 0.1) is 11.7 Å². The Balaban J connectivity index is 2.20. The molecule has 0 spiro atoms. The largest absolute Gasteiger partial charge is 0.271 e. The topological polar surface area (TPSA) is 55.9 Å². The van der Waals surface area contributed by atoms with Crippen LogP contribution in [-0.4, -0.2) is 9.78 Å². The predicted octanol–water partition coefficient (Wildman–Crippen LogP) is 1.78. The zero-order chi connectivity index (χ0) is 13.1. The second-order valence-corrected chi connectivity index (χ2v) is 4.72. The summed E-state index contributed by atoms with van der Waals surface area (Å²) < 4.78 is 1.85. The van der Waals surface area contributed by atoms with Gasteiger partial charge in [-0.1, -0.05) is 18.2 Å². The summed E-state index contributed by atoms with van der Waals surface area (Å²) in [5.74, 6) is 5.66. The quantitative estimate of drug-likeness (QED) is 0.637. The minimum absolute atomic E-state index is 0.0830. The molecular formula is C14H20N4. The van der Waals surface area contributed by atoms with Gasteiger partial charge >= 0.3 is 0 Å². The van der Waals surface area contributed by atoms with Gasteiger partial charge in [-0.2, -0.15) is 5.10 Å². The Bertz CT molecular complexity index is 530. The highest BCUT2D eigenvalue weighted by atomic mass is 15.3. The summed E-state index contributed by atoms with van der Waals surface area (Å²) in [6.45, 7) is 4.26. The number of hydrogen-bond acceptors (Lipinski definition) is 3. The van der Waals surface area contributed by atoms with E-state index in [1.807, 2.05) is 17.8 Å². The summed E-state index contributed by atoms with van der Waals surface area (Å²) in [6, 6.07) is 8.60. The molecule has 1 aromatic heterocycles. The lowest BCUT2D eigenvalue weighted by Gasteiger charge is -2.17. The van der Waals surface area contributed by atoms with Crippen LogP contribution in [0.5, 0.6) is 0 Å². The molecule has 4 nitrogen and oxygen atoms in total. The lowest BCUT2D eigenvalue weighted by molar-refractivity contribution is 0.508. The van der Waals surface area contributed by atoms with E-state index in [1.165, 1.54) is 16.7 Å². The van der Waals surface area contributed by atoms with E-state index < -0.39 is 0 Å². The fraction of sp³-hybridized carbons (Fsp3) is 0.357. The average Bonchev–Trinajstić information content (AvgIpc) is 2.77. The highest BCUT2D eigenvalue weighted by Gasteiger charge is 2.14. The van der Waals surface area contributed by atoms with E-state index in [0.29, 0.717) is 0 Å². The van der Waals surface area contributed by atoms with E-state index in [9.17, 15) is 0 Å². The molecule has 0 saturated carbocycles. The van der Waals surface area contributed by atoms with Gasteiger partial charge in [-0.25, -0.2) is 0 Å². The molecule has 1 aromatic carbocycles. The van der Waals surface area contributed by atoms with E-state index in [2.05, 4.69) is 42.6 Å². The molecule has 2 aromatic rings. The lowest BCUT2D eigenvalue weighted by atomic mass is 9.99. The highest BCUT2D eigenvalue weighted by molar-refractivity contribution is 5.31. The number of benzene rings is 1. The lowest BCUT2D eigenvalue weighted by Crippen LogP contribution is -2.31. The van der Waals surface area contributed by atoms with E-state index in [-0.39, 0.29) is 6.04 Å². The van der Waals surface area contributed by atoms with Gasteiger partial charge in [-0.3, -0.25) is 16.0 Å². The molecule has 18 heavy (non-hydrogen) atoms. The van der Waals surface area contributed by atoms with Gasteiger partial charge in [-0.05, 0) is 43.0 Å². The Kier molecular flexibility index (Phi) is 3.79. The molecule has 1 atom stereocenters. The number of hydrazine groups is 1. The minimum Gasteiger partial charge on any atom is -0.271 e. The van der Waals surface area contributed by atoms with Gasteiger partial charge in [-0.15, -0.1) is 0 Å². The summed E-state index contributed by atoms with van der Waals surface area (Å²) in [6.07, 6.45) is 2.65. The smallest absolute Gasteiger partial charge is 0.0669 e. The number of aromatic nitrogens is 2. The van der Waals surface area contributed by atoms with Crippen molar-refractivity contribution >= 4 is 0 Å². The van der Waals surface area contributed by atoms with Crippen LogP contribution in [0.2, 0.25) is 0 Å². The maximum Gasteiger partial charge on any atom is 0.0669 e. The van der Waals surface area contributed by atoms with Crippen LogP contribution in [0.3, 0.4) is 0 Å². The van der Waals surface area contributed by atoms with Crippen LogP contribution in [0.1, 0.15) is 28.4 Å². The fourth-order valence-electron chi connectivity index (χ4n) is 2.14. The molecule has 1 unspecified atom stereocenters. The molecule has 3 N–H and O–H groups in total. The van der Waals surface area contributed by atoms with Crippen LogP contribution in [0.15, 0.2) is 30.5 Å². The van der Waals surface area contributed by atoms with Gasteiger partial charge in [0.1, 0.15) is 0 Å². The zero-order valence-electron chi connectivity index (χ0n) is 11.1. The third kappa shape index (κ3) is 2.60. The van der Waals surface area contributed by atoms with Gasteiger partial charge in [0.15, 0.2) is 0 Å². The maximum atomic E-state index is 5.66. The minimum atomic E-state index is 0.0830. The van der Waals surface area contributed by atoms with Crippen LogP contribution in [0, 0.1) is 13.8 Å². The first-order valence-electron chi connectivity index (χ1n) is 6.12. The standard InChI is InChI=1S/C14H20N4/c1-10-4-5-12(8-11(10)2)9-13(17-15)14-6-7-16-18(14)3/h4-8,13,17H,9,15H2,1-3H3. The highest BCUT2D eigenvalue weighted by Crippen LogP contribution is 2.18. The first-order valence-corrected chi connectivity index (χ1v) is 6.12. The van der Waals surface area contributed by atoms with Crippen molar-refractivity contribution in [1.82, 2.24) is 15.2 Å². The van der Waals surface area contributed by atoms with Crippen LogP contribution in [-0.2, 0) is 13.5 Å². The van der Waals surface area contributed by atoms with Crippen molar-refractivity contribution in [2.24, 2.45) is 12.9 Å². The Morgan fingerprint density at radius 1 is 1.28 bits per heavy atom. The molecule has 0 fully saturated rings. The van der Waals surface area contributed by atoms with Gasteiger partial charge in [0, 0.05) is 13.2 Å². The second-order valence-electron chi connectivity index (χ2n) is 4.72. The molecule has 0 aliphatic rings. The second kappa shape index (κ2) is 5.33. The normalized spacial score (nSPS) is 12.7. The summed E-state index contributed by atoms with van der Waals surface area (Å²) in [4.78, 5) is 0. The van der Waals surface area contributed by atoms with Crippen LogP contribution >= 0.6 is 0 Å². The predicted molar refractivity (Wildman–Crippen MR) is 72.9 cm³/mol. The van der Waals surface area contributed by atoms with Crippen molar-refractivity contribution in [3.63, 3.8) is 0 Å². The number of aryl methyl sites for hydroxylation is 3. The monoisotopic (exact) mass is 244 g/mol. The number of nitrogens with one attached hydrogen (secondary N) is 1. The van der Waals surface area contributed by atoms with Crippen molar-refractivity contribution in [3.05, 3.63) is 52.8 Å². The zero-order valence-corrected chi connectivity index (χ0v) is 11.1. The van der Waals surface area contributed by atoms with Crippen LogP contribution in [0.4, 0.5) is 0 Å². The number of nitrogens with zero attached hydrogens (tertiary/aromatic N) is 2. The third-order valence-corrected chi connectivity index (χ3v) is 3.43. The van der Waals surface area contributed by atoms with Gasteiger partial charge < -0.3 is 0 Å². The van der Waals surface area contributed by atoms with Crippen molar-refractivity contribution in [3.8, 4) is 0 Å². The molecule has 4 heteroatoms. The van der Waals surface area contributed by atoms with Crippen molar-refractivity contribution < 1.29 is 0 Å². The number of nitrogens with two attached hydrogens (primary N) is 1. The summed E-state index contributed by atoms with van der Waals surface area (Å²) in [7, 11) is 1.93. The SMILES string of the molecule is Cc1ccc(CC(NN)c2ccnn2C)cc1C. The van der Waals surface area contributed by atoms with E-state index >= 15 is 0 Å². The van der Waals surface area contributed by atoms with E-state index in [1.54, 1.807) is 6.20 Å². The number of rotatable bonds is 4. The first kappa shape index (κ1) is 12.8. The maximum absolute atomic E-state index is 5.66. The van der Waals surface area contributed by atoms with Gasteiger partial charge in [0.25, 0.3) is 0 Å². The van der Waals surface area contributed by atoms with Crippen molar-refractivity contribution in [2.75, 3.05) is 0 Å². The van der Waals surface area contributed by atoms with Crippen molar-refractivity contribution in [1.29, 1.82) is 0 Å². The molecular weight excluding hydrogens is 224 g/mol. The molecule has 96 valence electrons. The Morgan fingerprint density at radius 2 is 2.06 bits per heavy atom. The molecule has 1 heterocycles. The van der Waals surface area contributed by atoms with Crippen LogP contribution in [0.25, 0.3) is 0 Å². The summed E-state index contributed by atoms with van der Waals surface area (Å²) in [5.41, 5.74) is 7.87. The van der Waals surface area contributed by atoms with Crippen LogP contribution < -0.4 is 11.3 Å². The van der Waals surface area contributed by atoms with Gasteiger partial charge in [0.2, 0.25) is 0 Å². The Labute approximate surface area is 108 Å². The molecule has 0 bridgehead atoms. The molecule has 0 saturated heterocycles. The van der Waals surface area contributed by atoms with E-state index in [0.717, 1.165) is 12.1 Å². The first-order chi connectivity index (χ1) is 8.61. The van der Waals surface area contributed by atoms with E-state index in [4.69, 9.17) is 5.84 Å². The Hall–Kier alpha value is -1.65. The van der Waals surface area contributed by atoms with Crippen molar-refractivity contribution in [2.45, 2.75) is 26.3 Å². The fourth-order valence-corrected chi connectivity index (χ4v) is 2.14. The molecule has 0 radical (unpaired) electrons. The number of hydrogen-bond donors (Lipinski definition) is 2.